The second-order valence-electron chi connectivity index (χ2n) is 5.77. The zero-order valence-electron chi connectivity index (χ0n) is 14.4. The van der Waals surface area contributed by atoms with Gasteiger partial charge in [-0.1, -0.05) is 12.1 Å². The van der Waals surface area contributed by atoms with Gasteiger partial charge in [-0.2, -0.15) is 0 Å². The number of carbonyl (C=O) groups excluding carboxylic acids is 1. The molecule has 1 amide bonds. The van der Waals surface area contributed by atoms with Crippen LogP contribution in [0.3, 0.4) is 0 Å². The van der Waals surface area contributed by atoms with Crippen LogP contribution in [0.1, 0.15) is 18.1 Å². The summed E-state index contributed by atoms with van der Waals surface area (Å²) in [6.07, 6.45) is 0.361. The highest BCUT2D eigenvalue weighted by Gasteiger charge is 2.19. The molecular formula is C19H16FNO7. The highest BCUT2D eigenvalue weighted by molar-refractivity contribution is 5.85. The molecule has 8 nitrogen and oxygen atoms in total. The van der Waals surface area contributed by atoms with Crippen LogP contribution >= 0.6 is 0 Å². The minimum absolute atomic E-state index is 0.00885. The van der Waals surface area contributed by atoms with Crippen molar-refractivity contribution < 1.29 is 38.4 Å². The number of carboxylic acid groups (broad SMARTS) is 1. The lowest BCUT2D eigenvalue weighted by molar-refractivity contribution is -0.131. The van der Waals surface area contributed by atoms with Crippen LogP contribution in [-0.2, 0) is 9.53 Å². The molecule has 1 heterocycles. The molecule has 0 aromatic heterocycles. The monoisotopic (exact) mass is 389 g/mol. The highest BCUT2D eigenvalue weighted by Crippen LogP contribution is 2.34. The molecule has 2 aromatic carbocycles. The van der Waals surface area contributed by atoms with Crippen LogP contribution in [-0.4, -0.2) is 29.1 Å². The van der Waals surface area contributed by atoms with E-state index in [0.717, 1.165) is 18.2 Å². The highest BCUT2D eigenvalue weighted by atomic mass is 19.1. The summed E-state index contributed by atoms with van der Waals surface area (Å²) >= 11 is 0. The molecule has 1 aliphatic rings. The molecule has 0 aliphatic carbocycles. The maximum Gasteiger partial charge on any atom is 0.412 e. The molecule has 0 saturated heterocycles. The standard InChI is InChI=1S/C19H16FNO7/c20-13-8-11(4-6-14(13)22)15(2-1-3-18(23)24)28-19(25)21-12-5-7-16-17(9-12)27-10-26-16/h1,3-9,15,22H,2,10H2,(H,21,25)(H,23,24)/b3-1+/t15-/m0/s1. The Morgan fingerprint density at radius 2 is 2.00 bits per heavy atom. The first-order valence-corrected chi connectivity index (χ1v) is 8.17. The van der Waals surface area contributed by atoms with E-state index in [1.807, 2.05) is 0 Å². The lowest BCUT2D eigenvalue weighted by atomic mass is 10.1. The number of nitrogens with one attached hydrogen (secondary N) is 1. The van der Waals surface area contributed by atoms with E-state index in [2.05, 4.69) is 5.32 Å². The molecule has 3 N–H and O–H groups in total. The number of amides is 1. The van der Waals surface area contributed by atoms with Gasteiger partial charge in [-0.25, -0.2) is 14.0 Å². The molecule has 0 radical (unpaired) electrons. The van der Waals surface area contributed by atoms with Crippen molar-refractivity contribution in [2.24, 2.45) is 0 Å². The first-order valence-electron chi connectivity index (χ1n) is 8.17. The van der Waals surface area contributed by atoms with Gasteiger partial charge in [0.1, 0.15) is 6.10 Å². The summed E-state index contributed by atoms with van der Waals surface area (Å²) in [7, 11) is 0. The van der Waals surface area contributed by atoms with E-state index in [1.165, 1.54) is 12.1 Å². The Balaban J connectivity index is 1.72. The summed E-state index contributed by atoms with van der Waals surface area (Å²) in [5.41, 5.74) is 0.650. The molecule has 2 aromatic rings. The van der Waals surface area contributed by atoms with E-state index in [1.54, 1.807) is 18.2 Å². The Kier molecular flexibility index (Phi) is 5.64. The molecule has 9 heteroatoms. The number of halogens is 1. The molecule has 0 saturated carbocycles. The Labute approximate surface area is 158 Å². The second kappa shape index (κ2) is 8.30. The van der Waals surface area contributed by atoms with Gasteiger partial charge in [0.2, 0.25) is 6.79 Å². The van der Waals surface area contributed by atoms with Crippen LogP contribution in [0.25, 0.3) is 0 Å². The van der Waals surface area contributed by atoms with Crippen molar-refractivity contribution in [3.63, 3.8) is 0 Å². The van der Waals surface area contributed by atoms with Gasteiger partial charge in [0.25, 0.3) is 0 Å². The number of rotatable bonds is 6. The zero-order valence-corrected chi connectivity index (χ0v) is 14.4. The average molecular weight is 389 g/mol. The van der Waals surface area contributed by atoms with E-state index in [9.17, 15) is 19.1 Å². The van der Waals surface area contributed by atoms with Gasteiger partial charge >= 0.3 is 12.1 Å². The Morgan fingerprint density at radius 3 is 2.75 bits per heavy atom. The largest absolute Gasteiger partial charge is 0.505 e. The predicted molar refractivity (Wildman–Crippen MR) is 94.9 cm³/mol. The Hall–Kier alpha value is -3.75. The van der Waals surface area contributed by atoms with Crippen LogP contribution in [0.4, 0.5) is 14.9 Å². The first-order chi connectivity index (χ1) is 13.4. The summed E-state index contributed by atoms with van der Waals surface area (Å²) in [4.78, 5) is 22.9. The van der Waals surface area contributed by atoms with Gasteiger partial charge < -0.3 is 24.4 Å². The fraction of sp³-hybridized carbons (Fsp3) is 0.158. The number of anilines is 1. The topological polar surface area (TPSA) is 114 Å². The Bertz CT molecular complexity index is 928. The molecule has 28 heavy (non-hydrogen) atoms. The third-order valence-electron chi connectivity index (χ3n) is 3.82. The number of hydrogen-bond acceptors (Lipinski definition) is 6. The maximum absolute atomic E-state index is 13.7. The average Bonchev–Trinajstić information content (AvgIpc) is 3.10. The van der Waals surface area contributed by atoms with Gasteiger partial charge in [-0.3, -0.25) is 5.32 Å². The van der Waals surface area contributed by atoms with E-state index in [-0.39, 0.29) is 18.8 Å². The summed E-state index contributed by atoms with van der Waals surface area (Å²) in [6.45, 7) is 0.0909. The van der Waals surface area contributed by atoms with Gasteiger partial charge in [0.05, 0.1) is 0 Å². The number of carboxylic acids is 1. The molecule has 1 aliphatic heterocycles. The number of hydrogen-bond donors (Lipinski definition) is 3. The second-order valence-corrected chi connectivity index (χ2v) is 5.77. The van der Waals surface area contributed by atoms with Gasteiger partial charge in [-0.15, -0.1) is 0 Å². The molecule has 1 atom stereocenters. The zero-order chi connectivity index (χ0) is 20.1. The van der Waals surface area contributed by atoms with E-state index >= 15 is 0 Å². The summed E-state index contributed by atoms with van der Waals surface area (Å²) in [5.74, 6) is -1.58. The van der Waals surface area contributed by atoms with E-state index in [0.29, 0.717) is 17.2 Å². The normalized spacial score (nSPS) is 13.3. The van der Waals surface area contributed by atoms with Crippen molar-refractivity contribution in [1.29, 1.82) is 0 Å². The number of benzene rings is 2. The summed E-state index contributed by atoms with van der Waals surface area (Å²) < 4.78 is 29.4. The van der Waals surface area contributed by atoms with Gasteiger partial charge in [0, 0.05) is 24.3 Å². The number of ether oxygens (including phenoxy) is 3. The van der Waals surface area contributed by atoms with E-state index in [4.69, 9.17) is 19.3 Å². The molecule has 146 valence electrons. The summed E-state index contributed by atoms with van der Waals surface area (Å²) in [5, 5.41) is 20.5. The third-order valence-corrected chi connectivity index (χ3v) is 3.82. The first kappa shape index (κ1) is 19.0. The van der Waals surface area contributed by atoms with E-state index < -0.39 is 29.7 Å². The van der Waals surface area contributed by atoms with Crippen LogP contribution in [0.5, 0.6) is 17.2 Å². The third kappa shape index (κ3) is 4.70. The number of carbonyl (C=O) groups is 2. The molecular weight excluding hydrogens is 373 g/mol. The van der Waals surface area contributed by atoms with Crippen LogP contribution in [0.2, 0.25) is 0 Å². The lowest BCUT2D eigenvalue weighted by Crippen LogP contribution is -2.17. The lowest BCUT2D eigenvalue weighted by Gasteiger charge is -2.18. The quantitative estimate of drug-likeness (QED) is 0.647. The number of phenolic OH excluding ortho intramolecular Hbond substituents is 1. The Morgan fingerprint density at radius 1 is 1.21 bits per heavy atom. The molecule has 3 rings (SSSR count). The van der Waals surface area contributed by atoms with Crippen LogP contribution in [0, 0.1) is 5.82 Å². The van der Waals surface area contributed by atoms with Crippen molar-refractivity contribution in [3.05, 3.63) is 59.9 Å². The summed E-state index contributed by atoms with van der Waals surface area (Å²) in [6, 6.07) is 8.30. The molecule has 0 spiro atoms. The SMILES string of the molecule is O=C(O)/C=C/C[C@H](OC(=O)Nc1ccc2c(c1)OCO2)c1ccc(O)c(F)c1. The minimum atomic E-state index is -1.17. The van der Waals surface area contributed by atoms with Crippen molar-refractivity contribution in [2.75, 3.05) is 12.1 Å². The fourth-order valence-corrected chi connectivity index (χ4v) is 2.52. The number of aliphatic carboxylic acids is 1. The van der Waals surface area contributed by atoms with Crippen molar-refractivity contribution in [2.45, 2.75) is 12.5 Å². The van der Waals surface area contributed by atoms with Crippen LogP contribution < -0.4 is 14.8 Å². The fourth-order valence-electron chi connectivity index (χ4n) is 2.52. The van der Waals surface area contributed by atoms with Crippen molar-refractivity contribution in [3.8, 4) is 17.2 Å². The number of fused-ring (bicyclic) bond motifs is 1. The van der Waals surface area contributed by atoms with Crippen molar-refractivity contribution in [1.82, 2.24) is 0 Å². The molecule has 0 fully saturated rings. The van der Waals surface area contributed by atoms with Gasteiger partial charge in [0.15, 0.2) is 23.1 Å². The number of phenols is 1. The molecule has 0 bridgehead atoms. The number of aromatic hydroxyl groups is 1. The molecule has 0 unspecified atom stereocenters. The maximum atomic E-state index is 13.7. The minimum Gasteiger partial charge on any atom is -0.505 e. The smallest absolute Gasteiger partial charge is 0.412 e. The van der Waals surface area contributed by atoms with Crippen molar-refractivity contribution >= 4 is 17.7 Å². The van der Waals surface area contributed by atoms with Gasteiger partial charge in [-0.05, 0) is 29.8 Å². The predicted octanol–water partition coefficient (Wildman–Crippen LogP) is 3.58. The van der Waals surface area contributed by atoms with Crippen LogP contribution in [0.15, 0.2) is 48.6 Å².